The van der Waals surface area contributed by atoms with Gasteiger partial charge in [-0.3, -0.25) is 9.52 Å². The lowest BCUT2D eigenvalue weighted by Gasteiger charge is -2.25. The summed E-state index contributed by atoms with van der Waals surface area (Å²) in [4.78, 5) is 13.0. The highest BCUT2D eigenvalue weighted by Crippen LogP contribution is 2.48. The van der Waals surface area contributed by atoms with Crippen LogP contribution in [-0.4, -0.2) is 20.4 Å². The van der Waals surface area contributed by atoms with Crippen molar-refractivity contribution < 1.29 is 13.2 Å². The molecule has 0 aliphatic heterocycles. The standard InChI is InChI=1S/C22H25ClN2O3S/c23-17-8-12-20(13-9-17)29(27,28)25-19-10-6-16(7-11-19)22(14-15-22)21(26)24-18-4-2-1-3-5-18/h6-13,18,25H,1-5,14-15H2,(H,24,26). The Morgan fingerprint density at radius 2 is 1.55 bits per heavy atom. The fourth-order valence-corrected chi connectivity index (χ4v) is 5.21. The van der Waals surface area contributed by atoms with E-state index in [-0.39, 0.29) is 10.8 Å². The Bertz CT molecular complexity index is 978. The summed E-state index contributed by atoms with van der Waals surface area (Å²) in [7, 11) is -3.69. The van der Waals surface area contributed by atoms with Crippen molar-refractivity contribution in [3.63, 3.8) is 0 Å². The smallest absolute Gasteiger partial charge is 0.261 e. The maximum atomic E-state index is 12.9. The third-order valence-electron chi connectivity index (χ3n) is 5.94. The van der Waals surface area contributed by atoms with Gasteiger partial charge in [0.05, 0.1) is 10.3 Å². The summed E-state index contributed by atoms with van der Waals surface area (Å²) in [5, 5.41) is 3.72. The second-order valence-corrected chi connectivity index (χ2v) is 10.1. The van der Waals surface area contributed by atoms with Crippen molar-refractivity contribution in [2.45, 2.75) is 61.3 Å². The molecule has 2 saturated carbocycles. The van der Waals surface area contributed by atoms with Crippen molar-refractivity contribution in [1.29, 1.82) is 0 Å². The molecular formula is C22H25ClN2O3S. The molecule has 2 fully saturated rings. The minimum absolute atomic E-state index is 0.110. The molecule has 0 spiro atoms. The minimum atomic E-state index is -3.69. The van der Waals surface area contributed by atoms with Gasteiger partial charge in [-0.05, 0) is 67.6 Å². The van der Waals surface area contributed by atoms with Crippen molar-refractivity contribution in [2.24, 2.45) is 0 Å². The summed E-state index contributed by atoms with van der Waals surface area (Å²) in [5.74, 6) is 0.110. The molecule has 29 heavy (non-hydrogen) atoms. The summed E-state index contributed by atoms with van der Waals surface area (Å²) < 4.78 is 27.6. The highest BCUT2D eigenvalue weighted by atomic mass is 35.5. The first-order valence-corrected chi connectivity index (χ1v) is 12.0. The largest absolute Gasteiger partial charge is 0.353 e. The van der Waals surface area contributed by atoms with Crippen molar-refractivity contribution in [3.05, 3.63) is 59.1 Å². The molecule has 2 aliphatic rings. The number of amides is 1. The summed E-state index contributed by atoms with van der Waals surface area (Å²) >= 11 is 5.83. The van der Waals surface area contributed by atoms with E-state index in [9.17, 15) is 13.2 Å². The number of hydrogen-bond donors (Lipinski definition) is 2. The number of rotatable bonds is 6. The summed E-state index contributed by atoms with van der Waals surface area (Å²) in [5.41, 5.74) is 0.956. The Balaban J connectivity index is 1.44. The third-order valence-corrected chi connectivity index (χ3v) is 7.59. The fourth-order valence-electron chi connectivity index (χ4n) is 4.03. The van der Waals surface area contributed by atoms with Gasteiger partial charge >= 0.3 is 0 Å². The van der Waals surface area contributed by atoms with Crippen LogP contribution in [0.5, 0.6) is 0 Å². The van der Waals surface area contributed by atoms with E-state index < -0.39 is 15.4 Å². The fraction of sp³-hybridized carbons (Fsp3) is 0.409. The Hall–Kier alpha value is -2.05. The molecule has 1 amide bonds. The van der Waals surface area contributed by atoms with Gasteiger partial charge in [0.25, 0.3) is 10.0 Å². The topological polar surface area (TPSA) is 75.3 Å². The number of sulfonamides is 1. The van der Waals surface area contributed by atoms with Crippen LogP contribution in [0.1, 0.15) is 50.5 Å². The molecule has 154 valence electrons. The highest BCUT2D eigenvalue weighted by Gasteiger charge is 2.51. The molecule has 2 aromatic carbocycles. The van der Waals surface area contributed by atoms with Gasteiger partial charge in [0.2, 0.25) is 5.91 Å². The molecular weight excluding hydrogens is 408 g/mol. The second-order valence-electron chi connectivity index (χ2n) is 8.03. The van der Waals surface area contributed by atoms with Crippen LogP contribution in [0, 0.1) is 0 Å². The minimum Gasteiger partial charge on any atom is -0.353 e. The van der Waals surface area contributed by atoms with Gasteiger partial charge in [-0.25, -0.2) is 8.42 Å². The maximum absolute atomic E-state index is 12.9. The first kappa shape index (κ1) is 20.2. The molecule has 0 unspecified atom stereocenters. The number of anilines is 1. The van der Waals surface area contributed by atoms with Crippen LogP contribution in [0.3, 0.4) is 0 Å². The number of carbonyl (C=O) groups excluding carboxylic acids is 1. The molecule has 7 heteroatoms. The second kappa shape index (κ2) is 8.00. The van der Waals surface area contributed by atoms with Crippen LogP contribution in [0.2, 0.25) is 5.02 Å². The summed E-state index contributed by atoms with van der Waals surface area (Å²) in [6.45, 7) is 0. The number of benzene rings is 2. The SMILES string of the molecule is O=C(NC1CCCCC1)C1(c2ccc(NS(=O)(=O)c3ccc(Cl)cc3)cc2)CC1. The first-order chi connectivity index (χ1) is 13.9. The Labute approximate surface area is 176 Å². The van der Waals surface area contributed by atoms with Crippen LogP contribution in [0.25, 0.3) is 0 Å². The average Bonchev–Trinajstić information content (AvgIpc) is 3.51. The average molecular weight is 433 g/mol. The van der Waals surface area contributed by atoms with Crippen LogP contribution >= 0.6 is 11.6 Å². The van der Waals surface area contributed by atoms with Gasteiger partial charge in [0.1, 0.15) is 0 Å². The van der Waals surface area contributed by atoms with E-state index in [4.69, 9.17) is 11.6 Å². The zero-order valence-electron chi connectivity index (χ0n) is 16.2. The van der Waals surface area contributed by atoms with Gasteiger partial charge in [-0.15, -0.1) is 0 Å². The number of halogens is 1. The lowest BCUT2D eigenvalue weighted by atomic mass is 9.91. The van der Waals surface area contributed by atoms with Crippen molar-refractivity contribution in [1.82, 2.24) is 5.32 Å². The molecule has 2 N–H and O–H groups in total. The normalized spacial score (nSPS) is 18.8. The van der Waals surface area contributed by atoms with Crippen LogP contribution in [0.4, 0.5) is 5.69 Å². The van der Waals surface area contributed by atoms with Crippen molar-refractivity contribution in [3.8, 4) is 0 Å². The van der Waals surface area contributed by atoms with E-state index in [1.807, 2.05) is 12.1 Å². The van der Waals surface area contributed by atoms with Crippen molar-refractivity contribution in [2.75, 3.05) is 4.72 Å². The maximum Gasteiger partial charge on any atom is 0.261 e. The van der Waals surface area contributed by atoms with Crippen LogP contribution < -0.4 is 10.0 Å². The molecule has 0 aromatic heterocycles. The van der Waals surface area contributed by atoms with E-state index in [1.165, 1.54) is 31.4 Å². The predicted molar refractivity (Wildman–Crippen MR) is 115 cm³/mol. The zero-order chi connectivity index (χ0) is 20.5. The summed E-state index contributed by atoms with van der Waals surface area (Å²) in [6, 6.07) is 13.5. The molecule has 0 atom stereocenters. The van der Waals surface area contributed by atoms with Gasteiger partial charge in [0.15, 0.2) is 0 Å². The van der Waals surface area contributed by atoms with Gasteiger partial charge < -0.3 is 5.32 Å². The lowest BCUT2D eigenvalue weighted by Crippen LogP contribution is -2.42. The zero-order valence-corrected chi connectivity index (χ0v) is 17.7. The van der Waals surface area contributed by atoms with E-state index in [0.717, 1.165) is 31.2 Å². The van der Waals surface area contributed by atoms with E-state index in [1.54, 1.807) is 24.3 Å². The molecule has 0 radical (unpaired) electrons. The highest BCUT2D eigenvalue weighted by molar-refractivity contribution is 7.92. The lowest BCUT2D eigenvalue weighted by molar-refractivity contribution is -0.124. The van der Waals surface area contributed by atoms with E-state index in [0.29, 0.717) is 16.8 Å². The predicted octanol–water partition coefficient (Wildman–Crippen LogP) is 4.62. The number of carbonyl (C=O) groups is 1. The van der Waals surface area contributed by atoms with E-state index in [2.05, 4.69) is 10.0 Å². The molecule has 2 aliphatic carbocycles. The molecule has 4 rings (SSSR count). The molecule has 5 nitrogen and oxygen atoms in total. The van der Waals surface area contributed by atoms with Crippen molar-refractivity contribution >= 4 is 33.2 Å². The monoisotopic (exact) mass is 432 g/mol. The number of hydrogen-bond acceptors (Lipinski definition) is 3. The Kier molecular flexibility index (Phi) is 5.58. The number of nitrogens with one attached hydrogen (secondary N) is 2. The Morgan fingerprint density at radius 3 is 2.14 bits per heavy atom. The molecule has 0 bridgehead atoms. The van der Waals surface area contributed by atoms with E-state index >= 15 is 0 Å². The quantitative estimate of drug-likeness (QED) is 0.699. The van der Waals surface area contributed by atoms with Gasteiger partial charge in [-0.2, -0.15) is 0 Å². The van der Waals surface area contributed by atoms with Crippen LogP contribution in [-0.2, 0) is 20.2 Å². The van der Waals surface area contributed by atoms with Gasteiger partial charge in [-0.1, -0.05) is 43.0 Å². The molecule has 0 saturated heterocycles. The Morgan fingerprint density at radius 1 is 0.931 bits per heavy atom. The molecule has 0 heterocycles. The van der Waals surface area contributed by atoms with Gasteiger partial charge in [0, 0.05) is 16.8 Å². The molecule has 2 aromatic rings. The first-order valence-electron chi connectivity index (χ1n) is 10.1. The summed E-state index contributed by atoms with van der Waals surface area (Å²) in [6.07, 6.45) is 7.41. The third kappa shape index (κ3) is 4.43. The van der Waals surface area contributed by atoms with Crippen LogP contribution in [0.15, 0.2) is 53.4 Å².